The van der Waals surface area contributed by atoms with Crippen LogP contribution < -0.4 is 4.74 Å². The molecule has 0 amide bonds. The van der Waals surface area contributed by atoms with Gasteiger partial charge in [-0.2, -0.15) is 0 Å². The van der Waals surface area contributed by atoms with Crippen LogP contribution in [0.3, 0.4) is 0 Å². The van der Waals surface area contributed by atoms with E-state index >= 15 is 0 Å². The maximum absolute atomic E-state index is 14.3. The van der Waals surface area contributed by atoms with E-state index in [1.165, 1.54) is 6.07 Å². The fourth-order valence-electron chi connectivity index (χ4n) is 5.16. The smallest absolute Gasteiger partial charge is 0.335 e. The Balaban J connectivity index is 1.26. The molecule has 1 fully saturated rings. The van der Waals surface area contributed by atoms with Crippen LogP contribution in [0.1, 0.15) is 46.1 Å². The number of ether oxygens (including phenoxy) is 2. The standard InChI is InChI=1S/C30H30FN5O4/c1-32-23-7-5-22(25(31)17-23)19-40-29-24(4-3-11-33-29)20-9-12-35(13-10-20)18-28-34-26-8-6-21(30(37)38)16-27(26)36(28)14-15-39-2/h3-8,11,16-17,20H,9-10,12-15,18-19H2,2H3,(H,37,38). The fourth-order valence-corrected chi connectivity index (χ4v) is 5.16. The Kier molecular flexibility index (Phi) is 8.34. The number of hydrogen-bond acceptors (Lipinski definition) is 6. The van der Waals surface area contributed by atoms with Crippen LogP contribution in [0.25, 0.3) is 15.9 Å². The number of pyridine rings is 1. The number of carboxylic acids is 1. The molecule has 0 spiro atoms. The Labute approximate surface area is 231 Å². The molecule has 2 aromatic carbocycles. The summed E-state index contributed by atoms with van der Waals surface area (Å²) in [7, 11) is 1.64. The molecule has 1 saturated heterocycles. The minimum absolute atomic E-state index is 0.0360. The Bertz CT molecular complexity index is 1560. The highest BCUT2D eigenvalue weighted by Gasteiger charge is 2.25. The number of rotatable bonds is 10. The van der Waals surface area contributed by atoms with Gasteiger partial charge in [0.05, 0.1) is 36.3 Å². The number of fused-ring (bicyclic) bond motifs is 1. The second kappa shape index (κ2) is 12.2. The highest BCUT2D eigenvalue weighted by atomic mass is 19.1. The normalized spacial score (nSPS) is 14.3. The lowest BCUT2D eigenvalue weighted by atomic mass is 9.90. The minimum Gasteiger partial charge on any atom is -0.478 e. The average molecular weight is 544 g/mol. The molecule has 5 rings (SSSR count). The Morgan fingerprint density at radius 3 is 2.75 bits per heavy atom. The predicted molar refractivity (Wildman–Crippen MR) is 147 cm³/mol. The van der Waals surface area contributed by atoms with Crippen LogP contribution in [0.5, 0.6) is 5.88 Å². The van der Waals surface area contributed by atoms with Crippen LogP contribution in [0.4, 0.5) is 10.1 Å². The quantitative estimate of drug-likeness (QED) is 0.267. The zero-order valence-electron chi connectivity index (χ0n) is 22.2. The van der Waals surface area contributed by atoms with E-state index < -0.39 is 11.8 Å². The lowest BCUT2D eigenvalue weighted by molar-refractivity contribution is 0.0697. The number of piperidine rings is 1. The number of likely N-dealkylation sites (tertiary alicyclic amines) is 1. The Hall–Kier alpha value is -4.33. The van der Waals surface area contributed by atoms with Crippen LogP contribution in [0.2, 0.25) is 0 Å². The van der Waals surface area contributed by atoms with Crippen molar-refractivity contribution in [2.45, 2.75) is 38.5 Å². The first-order chi connectivity index (χ1) is 19.5. The number of benzene rings is 2. The topological polar surface area (TPSA) is 94.1 Å². The van der Waals surface area contributed by atoms with Crippen molar-refractivity contribution in [2.75, 3.05) is 26.8 Å². The van der Waals surface area contributed by atoms with E-state index in [-0.39, 0.29) is 23.8 Å². The summed E-state index contributed by atoms with van der Waals surface area (Å²) in [5, 5.41) is 9.44. The van der Waals surface area contributed by atoms with Gasteiger partial charge in [-0.15, -0.1) is 0 Å². The number of hydrogen-bond donors (Lipinski definition) is 1. The number of nitrogens with zero attached hydrogens (tertiary/aromatic N) is 5. The first-order valence-corrected chi connectivity index (χ1v) is 13.1. The van der Waals surface area contributed by atoms with Crippen molar-refractivity contribution in [3.63, 3.8) is 0 Å². The summed E-state index contributed by atoms with van der Waals surface area (Å²) >= 11 is 0. The van der Waals surface area contributed by atoms with Crippen LogP contribution >= 0.6 is 0 Å². The highest BCUT2D eigenvalue weighted by molar-refractivity contribution is 5.92. The van der Waals surface area contributed by atoms with Gasteiger partial charge in [-0.1, -0.05) is 18.2 Å². The average Bonchev–Trinajstić information content (AvgIpc) is 3.31. The van der Waals surface area contributed by atoms with Crippen molar-refractivity contribution < 1.29 is 23.8 Å². The number of halogens is 1. The molecule has 0 radical (unpaired) electrons. The zero-order chi connectivity index (χ0) is 28.1. The van der Waals surface area contributed by atoms with Gasteiger partial charge in [-0.25, -0.2) is 24.0 Å². The number of methoxy groups -OCH3 is 1. The molecular weight excluding hydrogens is 513 g/mol. The van der Waals surface area contributed by atoms with E-state index in [0.29, 0.717) is 31.1 Å². The first-order valence-electron chi connectivity index (χ1n) is 13.1. The molecule has 0 unspecified atom stereocenters. The van der Waals surface area contributed by atoms with Crippen molar-refractivity contribution in [1.29, 1.82) is 0 Å². The summed E-state index contributed by atoms with van der Waals surface area (Å²) in [4.78, 5) is 26.4. The minimum atomic E-state index is -0.966. The molecular formula is C30H30FN5O4. The zero-order valence-corrected chi connectivity index (χ0v) is 22.2. The van der Waals surface area contributed by atoms with E-state index in [9.17, 15) is 14.3 Å². The van der Waals surface area contributed by atoms with Crippen LogP contribution in [-0.2, 0) is 24.4 Å². The number of carbonyl (C=O) groups is 1. The molecule has 206 valence electrons. The van der Waals surface area contributed by atoms with E-state index in [1.807, 2.05) is 16.7 Å². The molecule has 0 aliphatic carbocycles. The van der Waals surface area contributed by atoms with Gasteiger partial charge in [-0.3, -0.25) is 4.90 Å². The van der Waals surface area contributed by atoms with E-state index in [0.717, 1.165) is 48.4 Å². The second-order valence-corrected chi connectivity index (χ2v) is 9.81. The maximum Gasteiger partial charge on any atom is 0.335 e. The van der Waals surface area contributed by atoms with Gasteiger partial charge < -0.3 is 19.1 Å². The molecule has 0 atom stereocenters. The maximum atomic E-state index is 14.3. The van der Waals surface area contributed by atoms with E-state index in [1.54, 1.807) is 43.6 Å². The molecule has 0 bridgehead atoms. The van der Waals surface area contributed by atoms with Crippen LogP contribution in [-0.4, -0.2) is 57.3 Å². The SMILES string of the molecule is [C-]#[N+]c1ccc(COc2ncccc2C2CCN(Cc3nc4ccc(C(=O)O)cc4n3CCOC)CC2)c(F)c1. The molecule has 9 nitrogen and oxygen atoms in total. The first kappa shape index (κ1) is 27.2. The van der Waals surface area contributed by atoms with Gasteiger partial charge in [0, 0.05) is 31.0 Å². The van der Waals surface area contributed by atoms with Crippen molar-refractivity contribution in [3.05, 3.63) is 94.5 Å². The van der Waals surface area contributed by atoms with E-state index in [4.69, 9.17) is 21.0 Å². The predicted octanol–water partition coefficient (Wildman–Crippen LogP) is 5.42. The van der Waals surface area contributed by atoms with Gasteiger partial charge in [0.2, 0.25) is 5.88 Å². The van der Waals surface area contributed by atoms with Gasteiger partial charge in [-0.05, 0) is 62.2 Å². The third-order valence-electron chi connectivity index (χ3n) is 7.32. The summed E-state index contributed by atoms with van der Waals surface area (Å²) < 4.78 is 27.7. The molecule has 1 aliphatic heterocycles. The van der Waals surface area contributed by atoms with E-state index in [2.05, 4.69) is 14.7 Å². The number of aromatic nitrogens is 3. The van der Waals surface area contributed by atoms with Gasteiger partial charge >= 0.3 is 5.97 Å². The summed E-state index contributed by atoms with van der Waals surface area (Å²) in [6, 6.07) is 13.3. The molecule has 3 heterocycles. The Morgan fingerprint density at radius 2 is 2.02 bits per heavy atom. The van der Waals surface area contributed by atoms with Crippen molar-refractivity contribution >= 4 is 22.7 Å². The molecule has 4 aromatic rings. The third kappa shape index (κ3) is 5.96. The third-order valence-corrected chi connectivity index (χ3v) is 7.32. The summed E-state index contributed by atoms with van der Waals surface area (Å²) in [6.45, 7) is 10.5. The van der Waals surface area contributed by atoms with Crippen molar-refractivity contribution in [2.24, 2.45) is 0 Å². The fraction of sp³-hybridized carbons (Fsp3) is 0.333. The number of aromatic carboxylic acids is 1. The number of imidazole rings is 1. The van der Waals surface area contributed by atoms with Crippen LogP contribution in [0, 0.1) is 12.4 Å². The molecule has 10 heteroatoms. The second-order valence-electron chi connectivity index (χ2n) is 9.81. The summed E-state index contributed by atoms with van der Waals surface area (Å²) in [6.07, 6.45) is 3.47. The molecule has 1 aliphatic rings. The molecule has 40 heavy (non-hydrogen) atoms. The lowest BCUT2D eigenvalue weighted by Crippen LogP contribution is -2.33. The monoisotopic (exact) mass is 543 g/mol. The van der Waals surface area contributed by atoms with Gasteiger partial charge in [0.1, 0.15) is 18.2 Å². The van der Waals surface area contributed by atoms with Crippen LogP contribution in [0.15, 0.2) is 54.7 Å². The van der Waals surface area contributed by atoms with Gasteiger partial charge in [0.15, 0.2) is 5.69 Å². The van der Waals surface area contributed by atoms with Gasteiger partial charge in [0.25, 0.3) is 0 Å². The Morgan fingerprint density at radius 1 is 1.20 bits per heavy atom. The molecule has 2 aromatic heterocycles. The number of carboxylic acid groups (broad SMARTS) is 1. The van der Waals surface area contributed by atoms with Crippen molar-refractivity contribution in [3.8, 4) is 5.88 Å². The lowest BCUT2D eigenvalue weighted by Gasteiger charge is -2.32. The molecule has 1 N–H and O–H groups in total. The van der Waals surface area contributed by atoms with Crippen molar-refractivity contribution in [1.82, 2.24) is 19.4 Å². The summed E-state index contributed by atoms with van der Waals surface area (Å²) in [5.74, 6) is 0.205. The highest BCUT2D eigenvalue weighted by Crippen LogP contribution is 2.34. The summed E-state index contributed by atoms with van der Waals surface area (Å²) in [5.41, 5.74) is 3.43. The largest absolute Gasteiger partial charge is 0.478 e. The molecule has 0 saturated carbocycles.